The van der Waals surface area contributed by atoms with Gasteiger partial charge in [0.25, 0.3) is 0 Å². The normalized spacial score (nSPS) is 20.2. The minimum atomic E-state index is -0.892. The molecule has 0 unspecified atom stereocenters. The zero-order valence-electron chi connectivity index (χ0n) is 18.2. The largest absolute Gasteiger partial charge is 0.478 e. The molecule has 13 heteroatoms. The number of carboxylic acid groups (broad SMARTS) is 2. The molecule has 0 saturated heterocycles. The molecule has 5 rings (SSSR count). The van der Waals surface area contributed by atoms with Crippen LogP contribution in [0.15, 0.2) is 53.9 Å². The summed E-state index contributed by atoms with van der Waals surface area (Å²) in [6, 6.07) is 7.90. The molecule has 2 aliphatic rings. The Labute approximate surface area is 198 Å². The third kappa shape index (κ3) is 3.97. The molecule has 0 amide bonds. The van der Waals surface area contributed by atoms with Gasteiger partial charge in [0.05, 0.1) is 18.6 Å². The van der Waals surface area contributed by atoms with Crippen LogP contribution in [0.4, 0.5) is 0 Å². The Morgan fingerprint density at radius 2 is 1.71 bits per heavy atom. The number of imidazole rings is 2. The van der Waals surface area contributed by atoms with Gasteiger partial charge in [0.15, 0.2) is 26.2 Å². The van der Waals surface area contributed by atoms with Crippen LogP contribution in [-0.4, -0.2) is 42.3 Å². The SMILES string of the molecule is NOOSc1cccc(CC[N+]23Cc4n(cc[n+]4CC(=O)O)C2n2cc[n+](CC(=O)O)c2C3)c1. The minimum Gasteiger partial charge on any atom is -0.478 e. The third-order valence-corrected chi connectivity index (χ3v) is 7.09. The van der Waals surface area contributed by atoms with Crippen LogP contribution in [0, 0.1) is 0 Å². The number of carbonyl (C=O) groups is 2. The topological polar surface area (TPSA) is 137 Å². The Morgan fingerprint density at radius 3 is 2.26 bits per heavy atom. The van der Waals surface area contributed by atoms with Crippen molar-refractivity contribution in [2.75, 3.05) is 6.54 Å². The van der Waals surface area contributed by atoms with Gasteiger partial charge in [-0.25, -0.2) is 23.2 Å². The standard InChI is InChI=1S/C21H23N6O6S/c22-32-33-34-16-3-1-2-15(10-16)4-9-27-13-17-23(11-19(28)29)5-7-25(17)21(27)26-8-6-24(12-20(30)31)18(26)14-27/h1-3,5-8,10,21H,4,9,11-14,22H2/q+1/p+2. The zero-order chi connectivity index (χ0) is 23.9. The lowest BCUT2D eigenvalue weighted by atomic mass is 10.1. The molecule has 0 bridgehead atoms. The van der Waals surface area contributed by atoms with Crippen LogP contribution in [-0.2, 0) is 51.5 Å². The summed E-state index contributed by atoms with van der Waals surface area (Å²) >= 11 is 1.03. The average molecular weight is 490 g/mol. The Hall–Kier alpha value is -3.23. The molecule has 3 aromatic rings. The molecule has 0 atom stereocenters. The first-order valence-corrected chi connectivity index (χ1v) is 11.4. The molecule has 4 heterocycles. The van der Waals surface area contributed by atoms with Crippen molar-refractivity contribution in [2.24, 2.45) is 5.90 Å². The average Bonchev–Trinajstić information content (AvgIpc) is 3.50. The fraction of sp³-hybridized carbons (Fsp3) is 0.333. The highest BCUT2D eigenvalue weighted by atomic mass is 32.2. The van der Waals surface area contributed by atoms with Gasteiger partial charge in [-0.15, -0.1) is 18.5 Å². The summed E-state index contributed by atoms with van der Waals surface area (Å²) in [5.41, 5.74) is 1.11. The van der Waals surface area contributed by atoms with Gasteiger partial charge in [0.1, 0.15) is 24.8 Å². The van der Waals surface area contributed by atoms with Crippen molar-refractivity contribution in [2.45, 2.75) is 43.8 Å². The van der Waals surface area contributed by atoms with Crippen LogP contribution >= 0.6 is 12.0 Å². The van der Waals surface area contributed by atoms with Crippen LogP contribution in [0.5, 0.6) is 0 Å². The lowest BCUT2D eigenvalue weighted by Crippen LogP contribution is -2.49. The van der Waals surface area contributed by atoms with Crippen LogP contribution in [0.3, 0.4) is 0 Å². The molecule has 0 aliphatic carbocycles. The van der Waals surface area contributed by atoms with Crippen molar-refractivity contribution in [3.05, 3.63) is 66.3 Å². The van der Waals surface area contributed by atoms with Crippen molar-refractivity contribution in [3.63, 3.8) is 0 Å². The van der Waals surface area contributed by atoms with E-state index < -0.39 is 11.9 Å². The second kappa shape index (κ2) is 8.85. The van der Waals surface area contributed by atoms with E-state index in [0.717, 1.165) is 47.1 Å². The Kier molecular flexibility index (Phi) is 5.87. The second-order valence-electron chi connectivity index (χ2n) is 8.54. The Balaban J connectivity index is 1.46. The molecule has 0 fully saturated rings. The molecule has 4 N–H and O–H groups in total. The molecule has 1 aromatic carbocycles. The van der Waals surface area contributed by atoms with E-state index in [1.165, 1.54) is 0 Å². The van der Waals surface area contributed by atoms with Gasteiger partial charge in [0.2, 0.25) is 0 Å². The van der Waals surface area contributed by atoms with E-state index in [0.29, 0.717) is 17.6 Å². The molecule has 0 radical (unpaired) electrons. The quantitative estimate of drug-likeness (QED) is 0.119. The molecule has 178 valence electrons. The van der Waals surface area contributed by atoms with Crippen LogP contribution in [0.25, 0.3) is 0 Å². The van der Waals surface area contributed by atoms with E-state index in [9.17, 15) is 19.8 Å². The maximum absolute atomic E-state index is 11.4. The highest BCUT2D eigenvalue weighted by Crippen LogP contribution is 2.42. The number of hydrogen-bond acceptors (Lipinski definition) is 6. The number of benzene rings is 1. The predicted octanol–water partition coefficient (Wildman–Crippen LogP) is -0.0461. The zero-order valence-corrected chi connectivity index (χ0v) is 19.0. The summed E-state index contributed by atoms with van der Waals surface area (Å²) in [7, 11) is 0. The summed E-state index contributed by atoms with van der Waals surface area (Å²) < 4.78 is 13.2. The fourth-order valence-electron chi connectivity index (χ4n) is 5.17. The summed E-state index contributed by atoms with van der Waals surface area (Å²) in [5, 5.41) is 18.7. The number of aliphatic carboxylic acids is 2. The highest BCUT2D eigenvalue weighted by molar-refractivity contribution is 7.94. The number of nitrogens with two attached hydrogens (primary N) is 1. The van der Waals surface area contributed by atoms with Gasteiger partial charge < -0.3 is 10.2 Å². The molecular weight excluding hydrogens is 464 g/mol. The van der Waals surface area contributed by atoms with Gasteiger partial charge >= 0.3 is 29.9 Å². The van der Waals surface area contributed by atoms with Gasteiger partial charge in [-0.1, -0.05) is 12.1 Å². The summed E-state index contributed by atoms with van der Waals surface area (Å²) in [6.07, 6.45) is 8.08. The van der Waals surface area contributed by atoms with Crippen molar-refractivity contribution in [1.82, 2.24) is 9.13 Å². The van der Waals surface area contributed by atoms with Crippen LogP contribution in [0.1, 0.15) is 23.5 Å². The summed E-state index contributed by atoms with van der Waals surface area (Å²) in [4.78, 5) is 27.8. The monoisotopic (exact) mass is 489 g/mol. The molecule has 0 spiro atoms. The van der Waals surface area contributed by atoms with Gasteiger partial charge in [0, 0.05) is 11.3 Å². The number of fused-ring (bicyclic) bond motifs is 5. The van der Waals surface area contributed by atoms with E-state index in [-0.39, 0.29) is 19.4 Å². The molecular formula is C21H25N6O6S+3. The number of quaternary nitrogens is 1. The maximum Gasteiger partial charge on any atom is 0.380 e. The molecule has 34 heavy (non-hydrogen) atoms. The van der Waals surface area contributed by atoms with Crippen molar-refractivity contribution >= 4 is 24.0 Å². The van der Waals surface area contributed by atoms with E-state index in [2.05, 4.69) is 14.1 Å². The van der Waals surface area contributed by atoms with Gasteiger partial charge in [-0.2, -0.15) is 5.90 Å². The highest BCUT2D eigenvalue weighted by Gasteiger charge is 2.62. The smallest absolute Gasteiger partial charge is 0.380 e. The van der Waals surface area contributed by atoms with E-state index >= 15 is 0 Å². The molecule has 2 aliphatic heterocycles. The third-order valence-electron chi connectivity index (χ3n) is 6.50. The number of carboxylic acids is 2. The maximum atomic E-state index is 11.4. The second-order valence-corrected chi connectivity index (χ2v) is 9.31. The Bertz CT molecular complexity index is 1190. The first kappa shape index (κ1) is 22.6. The molecule has 0 saturated carbocycles. The van der Waals surface area contributed by atoms with Crippen molar-refractivity contribution in [3.8, 4) is 0 Å². The van der Waals surface area contributed by atoms with E-state index in [1.54, 1.807) is 21.5 Å². The van der Waals surface area contributed by atoms with Crippen LogP contribution in [0.2, 0.25) is 0 Å². The van der Waals surface area contributed by atoms with E-state index in [1.807, 2.05) is 36.7 Å². The molecule has 12 nitrogen and oxygen atoms in total. The Morgan fingerprint density at radius 1 is 1.09 bits per heavy atom. The molecule has 2 aromatic heterocycles. The fourth-order valence-corrected chi connectivity index (χ4v) is 5.62. The lowest BCUT2D eigenvalue weighted by molar-refractivity contribution is -0.981. The number of rotatable bonds is 10. The van der Waals surface area contributed by atoms with Gasteiger partial charge in [-0.3, -0.25) is 0 Å². The van der Waals surface area contributed by atoms with Crippen LogP contribution < -0.4 is 15.0 Å². The number of hydrogen-bond donors (Lipinski definition) is 3. The number of aromatic nitrogens is 4. The predicted molar refractivity (Wildman–Crippen MR) is 114 cm³/mol. The minimum absolute atomic E-state index is 0.102. The van der Waals surface area contributed by atoms with Crippen molar-refractivity contribution in [1.29, 1.82) is 0 Å². The van der Waals surface area contributed by atoms with E-state index in [4.69, 9.17) is 10.2 Å². The van der Waals surface area contributed by atoms with Gasteiger partial charge in [-0.05, 0) is 17.7 Å². The first-order chi connectivity index (χ1) is 16.4. The lowest BCUT2D eigenvalue weighted by Gasteiger charge is -2.28. The first-order valence-electron chi connectivity index (χ1n) is 10.7. The summed E-state index contributed by atoms with van der Waals surface area (Å²) in [5.74, 6) is 5.03. The number of nitrogens with zero attached hydrogens (tertiary/aromatic N) is 5. The van der Waals surface area contributed by atoms with Crippen molar-refractivity contribution < 1.29 is 42.7 Å². The summed E-state index contributed by atoms with van der Waals surface area (Å²) in [6.45, 7) is 1.84.